The second kappa shape index (κ2) is 4.59. The fourth-order valence-corrected chi connectivity index (χ4v) is 2.42. The highest BCUT2D eigenvalue weighted by Crippen LogP contribution is 2.31. The van der Waals surface area contributed by atoms with E-state index in [1.807, 2.05) is 6.07 Å². The van der Waals surface area contributed by atoms with Crippen LogP contribution in [0.15, 0.2) is 12.1 Å². The van der Waals surface area contributed by atoms with Crippen LogP contribution in [-0.2, 0) is 6.42 Å². The number of ketones is 1. The molecule has 2 unspecified atom stereocenters. The third-order valence-electron chi connectivity index (χ3n) is 3.37. The fourth-order valence-electron chi connectivity index (χ4n) is 2.42. The molecule has 2 atom stereocenters. The Morgan fingerprint density at radius 2 is 1.82 bits per heavy atom. The van der Waals surface area contributed by atoms with Gasteiger partial charge in [0.15, 0.2) is 5.78 Å². The monoisotopic (exact) mass is 234 g/mol. The predicted molar refractivity (Wildman–Crippen MR) is 65.0 cm³/mol. The van der Waals surface area contributed by atoms with Crippen molar-refractivity contribution in [3.63, 3.8) is 0 Å². The van der Waals surface area contributed by atoms with E-state index in [9.17, 15) is 15.0 Å². The predicted octanol–water partition coefficient (Wildman–Crippen LogP) is 2.31. The van der Waals surface area contributed by atoms with Crippen LogP contribution in [0, 0.1) is 0 Å². The van der Waals surface area contributed by atoms with Crippen molar-refractivity contribution in [2.24, 2.45) is 0 Å². The Labute approximate surface area is 101 Å². The van der Waals surface area contributed by atoms with Crippen LogP contribution in [0.3, 0.4) is 0 Å². The summed E-state index contributed by atoms with van der Waals surface area (Å²) in [5, 5.41) is 19.4. The molecule has 0 bridgehead atoms. The summed E-state index contributed by atoms with van der Waals surface area (Å²) in [5.74, 6) is 0.121. The Morgan fingerprint density at radius 3 is 2.41 bits per heavy atom. The summed E-state index contributed by atoms with van der Waals surface area (Å²) in [6, 6.07) is 3.58. The van der Waals surface area contributed by atoms with Gasteiger partial charge in [-0.15, -0.1) is 0 Å². The van der Waals surface area contributed by atoms with E-state index in [1.165, 1.54) is 0 Å². The number of carbonyl (C=O) groups excluding carboxylic acids is 1. The molecule has 0 aliphatic heterocycles. The highest BCUT2D eigenvalue weighted by atomic mass is 16.3. The molecule has 0 spiro atoms. The second-order valence-corrected chi connectivity index (χ2v) is 4.76. The third-order valence-corrected chi connectivity index (χ3v) is 3.37. The molecule has 0 fully saturated rings. The first-order chi connectivity index (χ1) is 8.00. The minimum atomic E-state index is -0.618. The van der Waals surface area contributed by atoms with Gasteiger partial charge in [0.2, 0.25) is 0 Å². The van der Waals surface area contributed by atoms with Crippen molar-refractivity contribution in [2.45, 2.75) is 45.3 Å². The van der Waals surface area contributed by atoms with Crippen LogP contribution in [0.25, 0.3) is 0 Å². The molecule has 0 aromatic heterocycles. The standard InChI is InChI=1S/C14H18O3/c1-8(15)10-6-12(9(2)16)11-4-3-5-14(17)13(11)7-10/h6-9,15-16H,3-5H2,1-2H3. The molecular formula is C14H18O3. The fraction of sp³-hybridized carbons (Fsp3) is 0.500. The van der Waals surface area contributed by atoms with E-state index < -0.39 is 12.2 Å². The zero-order chi connectivity index (χ0) is 12.6. The van der Waals surface area contributed by atoms with Crippen LogP contribution in [0.2, 0.25) is 0 Å². The van der Waals surface area contributed by atoms with Gasteiger partial charge in [-0.25, -0.2) is 0 Å². The molecule has 17 heavy (non-hydrogen) atoms. The molecular weight excluding hydrogens is 216 g/mol. The first-order valence-corrected chi connectivity index (χ1v) is 6.06. The molecule has 2 rings (SSSR count). The van der Waals surface area contributed by atoms with Gasteiger partial charge < -0.3 is 10.2 Å². The Morgan fingerprint density at radius 1 is 1.12 bits per heavy atom. The lowest BCUT2D eigenvalue weighted by Gasteiger charge is -2.22. The van der Waals surface area contributed by atoms with Gasteiger partial charge >= 0.3 is 0 Å². The van der Waals surface area contributed by atoms with E-state index >= 15 is 0 Å². The van der Waals surface area contributed by atoms with Crippen molar-refractivity contribution < 1.29 is 15.0 Å². The zero-order valence-corrected chi connectivity index (χ0v) is 10.2. The number of fused-ring (bicyclic) bond motifs is 1. The summed E-state index contributed by atoms with van der Waals surface area (Å²) in [4.78, 5) is 11.9. The molecule has 0 saturated carbocycles. The summed E-state index contributed by atoms with van der Waals surface area (Å²) < 4.78 is 0. The quantitative estimate of drug-likeness (QED) is 0.825. The maximum atomic E-state index is 11.9. The average Bonchev–Trinajstić information content (AvgIpc) is 2.28. The summed E-state index contributed by atoms with van der Waals surface area (Å²) in [5.41, 5.74) is 3.13. The topological polar surface area (TPSA) is 57.5 Å². The molecule has 0 heterocycles. The molecule has 0 amide bonds. The minimum Gasteiger partial charge on any atom is -0.389 e. The molecule has 2 N–H and O–H groups in total. The maximum absolute atomic E-state index is 11.9. The summed E-state index contributed by atoms with van der Waals surface area (Å²) in [6.45, 7) is 3.36. The van der Waals surface area contributed by atoms with Gasteiger partial charge in [-0.05, 0) is 49.4 Å². The number of aliphatic hydroxyl groups excluding tert-OH is 2. The van der Waals surface area contributed by atoms with Gasteiger partial charge in [0.25, 0.3) is 0 Å². The Hall–Kier alpha value is -1.19. The lowest BCUT2D eigenvalue weighted by atomic mass is 9.84. The molecule has 3 heteroatoms. The minimum absolute atomic E-state index is 0.121. The van der Waals surface area contributed by atoms with Gasteiger partial charge in [0.05, 0.1) is 12.2 Å². The van der Waals surface area contributed by atoms with Crippen molar-refractivity contribution in [3.05, 3.63) is 34.4 Å². The summed E-state index contributed by atoms with van der Waals surface area (Å²) in [6.07, 6.45) is 1.03. The van der Waals surface area contributed by atoms with Crippen LogP contribution in [-0.4, -0.2) is 16.0 Å². The van der Waals surface area contributed by atoms with E-state index in [-0.39, 0.29) is 5.78 Å². The number of carbonyl (C=O) groups is 1. The van der Waals surface area contributed by atoms with Gasteiger partial charge in [-0.3, -0.25) is 4.79 Å². The molecule has 0 saturated heterocycles. The lowest BCUT2D eigenvalue weighted by Crippen LogP contribution is -2.15. The SMILES string of the molecule is CC(O)c1cc2c(c(C(C)O)c1)CCCC2=O. The normalized spacial score (nSPS) is 18.7. The highest BCUT2D eigenvalue weighted by molar-refractivity contribution is 5.99. The lowest BCUT2D eigenvalue weighted by molar-refractivity contribution is 0.0971. The molecule has 92 valence electrons. The van der Waals surface area contributed by atoms with Gasteiger partial charge in [0, 0.05) is 12.0 Å². The molecule has 1 aromatic carbocycles. The van der Waals surface area contributed by atoms with Gasteiger partial charge in [-0.1, -0.05) is 6.07 Å². The molecule has 3 nitrogen and oxygen atoms in total. The van der Waals surface area contributed by atoms with E-state index in [4.69, 9.17) is 0 Å². The number of hydrogen-bond acceptors (Lipinski definition) is 3. The number of Topliss-reactive ketones (excluding diaryl/α,β-unsaturated/α-hetero) is 1. The summed E-state index contributed by atoms with van der Waals surface area (Å²) in [7, 11) is 0. The van der Waals surface area contributed by atoms with Crippen LogP contribution in [0.5, 0.6) is 0 Å². The van der Waals surface area contributed by atoms with Crippen LogP contribution in [0.1, 0.15) is 65.9 Å². The zero-order valence-electron chi connectivity index (χ0n) is 10.2. The van der Waals surface area contributed by atoms with Crippen molar-refractivity contribution in [3.8, 4) is 0 Å². The van der Waals surface area contributed by atoms with E-state index in [0.29, 0.717) is 17.5 Å². The Bertz CT molecular complexity index is 447. The van der Waals surface area contributed by atoms with Crippen LogP contribution in [0.4, 0.5) is 0 Å². The van der Waals surface area contributed by atoms with Crippen molar-refractivity contribution >= 4 is 5.78 Å². The first-order valence-electron chi connectivity index (χ1n) is 6.06. The van der Waals surface area contributed by atoms with E-state index in [0.717, 1.165) is 24.0 Å². The van der Waals surface area contributed by atoms with Crippen LogP contribution < -0.4 is 0 Å². The molecule has 1 aliphatic carbocycles. The summed E-state index contributed by atoms with van der Waals surface area (Å²) >= 11 is 0. The third kappa shape index (κ3) is 2.26. The van der Waals surface area contributed by atoms with Crippen molar-refractivity contribution in [1.82, 2.24) is 0 Å². The Balaban J connectivity index is 2.62. The number of aliphatic hydroxyl groups is 2. The first kappa shape index (κ1) is 12.3. The van der Waals surface area contributed by atoms with Crippen molar-refractivity contribution in [1.29, 1.82) is 0 Å². The highest BCUT2D eigenvalue weighted by Gasteiger charge is 2.23. The molecule has 1 aliphatic rings. The van der Waals surface area contributed by atoms with Gasteiger partial charge in [0.1, 0.15) is 0 Å². The average molecular weight is 234 g/mol. The maximum Gasteiger partial charge on any atom is 0.163 e. The molecule has 0 radical (unpaired) electrons. The van der Waals surface area contributed by atoms with Gasteiger partial charge in [-0.2, -0.15) is 0 Å². The smallest absolute Gasteiger partial charge is 0.163 e. The number of benzene rings is 1. The van der Waals surface area contributed by atoms with Crippen molar-refractivity contribution in [2.75, 3.05) is 0 Å². The van der Waals surface area contributed by atoms with Crippen LogP contribution >= 0.6 is 0 Å². The van der Waals surface area contributed by atoms with E-state index in [2.05, 4.69) is 0 Å². The largest absolute Gasteiger partial charge is 0.389 e. The molecule has 1 aromatic rings. The van der Waals surface area contributed by atoms with E-state index in [1.54, 1.807) is 19.9 Å². The number of hydrogen-bond donors (Lipinski definition) is 2. The Kier molecular flexibility index (Phi) is 3.31. The second-order valence-electron chi connectivity index (χ2n) is 4.76. The number of rotatable bonds is 2.